The van der Waals surface area contributed by atoms with E-state index in [0.717, 1.165) is 25.1 Å². The molecule has 0 heterocycles. The van der Waals surface area contributed by atoms with Gasteiger partial charge in [-0.1, -0.05) is 38.5 Å². The van der Waals surface area contributed by atoms with E-state index in [1.807, 2.05) is 11.8 Å². The molecule has 0 aliphatic heterocycles. The summed E-state index contributed by atoms with van der Waals surface area (Å²) in [6.45, 7) is 0.793. The fraction of sp³-hybridized carbons (Fsp3) is 0.923. The van der Waals surface area contributed by atoms with E-state index in [1.165, 1.54) is 44.3 Å². The van der Waals surface area contributed by atoms with Crippen LogP contribution >= 0.6 is 11.8 Å². The fourth-order valence-electron chi connectivity index (χ4n) is 1.73. The molecule has 17 heavy (non-hydrogen) atoms. The van der Waals surface area contributed by atoms with E-state index in [4.69, 9.17) is 10.8 Å². The maximum Gasteiger partial charge on any atom is 0.303 e. The first-order valence-electron chi connectivity index (χ1n) is 6.77. The predicted octanol–water partition coefficient (Wildman–Crippen LogP) is 3.27. The van der Waals surface area contributed by atoms with Crippen LogP contribution in [0.25, 0.3) is 0 Å². The summed E-state index contributed by atoms with van der Waals surface area (Å²) in [5.74, 6) is 1.67. The minimum atomic E-state index is -0.667. The van der Waals surface area contributed by atoms with Crippen molar-refractivity contribution >= 4 is 17.7 Å². The molecule has 0 aromatic heterocycles. The Hall–Kier alpha value is -0.220. The molecule has 0 aliphatic carbocycles. The third-order valence-electron chi connectivity index (χ3n) is 2.69. The molecule has 0 aliphatic rings. The highest BCUT2D eigenvalue weighted by molar-refractivity contribution is 7.99. The number of nitrogens with two attached hydrogens (primary N) is 1. The van der Waals surface area contributed by atoms with E-state index in [0.29, 0.717) is 6.42 Å². The van der Waals surface area contributed by atoms with Crippen molar-refractivity contribution in [2.24, 2.45) is 5.73 Å². The van der Waals surface area contributed by atoms with Crippen molar-refractivity contribution in [1.29, 1.82) is 0 Å². The van der Waals surface area contributed by atoms with Crippen molar-refractivity contribution < 1.29 is 9.90 Å². The van der Waals surface area contributed by atoms with Crippen LogP contribution in [-0.2, 0) is 4.79 Å². The minimum Gasteiger partial charge on any atom is -0.481 e. The summed E-state index contributed by atoms with van der Waals surface area (Å²) in [6.07, 6.45) is 9.94. The van der Waals surface area contributed by atoms with Gasteiger partial charge in [0.05, 0.1) is 0 Å². The van der Waals surface area contributed by atoms with Crippen LogP contribution in [0, 0.1) is 0 Å². The Balaban J connectivity index is 2.91. The molecule has 3 N–H and O–H groups in total. The highest BCUT2D eigenvalue weighted by Crippen LogP contribution is 2.11. The molecule has 4 heteroatoms. The summed E-state index contributed by atoms with van der Waals surface area (Å²) < 4.78 is 0. The lowest BCUT2D eigenvalue weighted by Crippen LogP contribution is -2.01. The number of hydrogen-bond acceptors (Lipinski definition) is 3. The van der Waals surface area contributed by atoms with Crippen molar-refractivity contribution in [3.05, 3.63) is 0 Å². The first-order chi connectivity index (χ1) is 8.27. The maximum atomic E-state index is 10.3. The van der Waals surface area contributed by atoms with Gasteiger partial charge in [0, 0.05) is 18.7 Å². The van der Waals surface area contributed by atoms with Crippen LogP contribution in [0.3, 0.4) is 0 Å². The number of thioether (sulfide) groups is 1. The Kier molecular flexibility index (Phi) is 13.7. The lowest BCUT2D eigenvalue weighted by Gasteiger charge is -2.02. The van der Waals surface area contributed by atoms with Crippen LogP contribution < -0.4 is 5.73 Å². The largest absolute Gasteiger partial charge is 0.481 e. The second-order valence-electron chi connectivity index (χ2n) is 4.37. The molecule has 0 fully saturated rings. The Morgan fingerprint density at radius 1 is 0.882 bits per heavy atom. The summed E-state index contributed by atoms with van der Waals surface area (Å²) in [5, 5.41) is 8.47. The molecule has 0 unspecified atom stereocenters. The van der Waals surface area contributed by atoms with E-state index in [9.17, 15) is 4.79 Å². The van der Waals surface area contributed by atoms with Crippen molar-refractivity contribution in [1.82, 2.24) is 0 Å². The van der Waals surface area contributed by atoms with E-state index in [2.05, 4.69) is 0 Å². The number of carbonyl (C=O) groups is 1. The Morgan fingerprint density at radius 2 is 1.41 bits per heavy atom. The second-order valence-corrected chi connectivity index (χ2v) is 5.60. The van der Waals surface area contributed by atoms with Crippen LogP contribution in [0.1, 0.15) is 57.8 Å². The fourth-order valence-corrected chi connectivity index (χ4v) is 2.51. The van der Waals surface area contributed by atoms with Gasteiger partial charge in [-0.05, 0) is 18.6 Å². The van der Waals surface area contributed by atoms with Gasteiger partial charge in [0.1, 0.15) is 0 Å². The van der Waals surface area contributed by atoms with Gasteiger partial charge >= 0.3 is 5.97 Å². The first-order valence-corrected chi connectivity index (χ1v) is 7.92. The standard InChI is InChI=1S/C13H27NO2S/c14-10-12-17-11-8-6-4-2-1-3-5-7-9-13(15)16/h1-12,14H2,(H,15,16). The summed E-state index contributed by atoms with van der Waals surface area (Å²) >= 11 is 1.95. The number of rotatable bonds is 13. The number of carboxylic acid groups (broad SMARTS) is 1. The predicted molar refractivity (Wildman–Crippen MR) is 75.6 cm³/mol. The van der Waals surface area contributed by atoms with Gasteiger partial charge in [-0.15, -0.1) is 0 Å². The molecule has 0 saturated heterocycles. The zero-order chi connectivity index (χ0) is 12.8. The van der Waals surface area contributed by atoms with Gasteiger partial charge in [-0.25, -0.2) is 0 Å². The lowest BCUT2D eigenvalue weighted by molar-refractivity contribution is -0.137. The van der Waals surface area contributed by atoms with Crippen LogP contribution in [0.2, 0.25) is 0 Å². The first kappa shape index (κ1) is 16.8. The van der Waals surface area contributed by atoms with Crippen molar-refractivity contribution in [3.8, 4) is 0 Å². The molecule has 102 valence electrons. The molecule has 0 atom stereocenters. The van der Waals surface area contributed by atoms with Crippen LogP contribution in [0.5, 0.6) is 0 Å². The molecule has 0 rings (SSSR count). The van der Waals surface area contributed by atoms with Gasteiger partial charge in [0.2, 0.25) is 0 Å². The van der Waals surface area contributed by atoms with E-state index in [-0.39, 0.29) is 0 Å². The molecule has 0 radical (unpaired) electrons. The molecule has 3 nitrogen and oxygen atoms in total. The van der Waals surface area contributed by atoms with Gasteiger partial charge in [0.15, 0.2) is 0 Å². The minimum absolute atomic E-state index is 0.332. The van der Waals surface area contributed by atoms with Crippen LogP contribution in [-0.4, -0.2) is 29.1 Å². The zero-order valence-electron chi connectivity index (χ0n) is 10.8. The SMILES string of the molecule is NCCSCCCCCCCCCCC(=O)O. The smallest absolute Gasteiger partial charge is 0.303 e. The number of carboxylic acids is 1. The van der Waals surface area contributed by atoms with Gasteiger partial charge < -0.3 is 10.8 Å². The average molecular weight is 261 g/mol. The quantitative estimate of drug-likeness (QED) is 0.499. The van der Waals surface area contributed by atoms with Crippen molar-refractivity contribution in [3.63, 3.8) is 0 Å². The monoisotopic (exact) mass is 261 g/mol. The number of unbranched alkanes of at least 4 members (excludes halogenated alkanes) is 7. The maximum absolute atomic E-state index is 10.3. The molecule has 0 spiro atoms. The molecule has 0 aromatic carbocycles. The topological polar surface area (TPSA) is 63.3 Å². The molecular weight excluding hydrogens is 234 g/mol. The molecule has 0 aromatic rings. The number of aliphatic carboxylic acids is 1. The average Bonchev–Trinajstić information content (AvgIpc) is 2.30. The van der Waals surface area contributed by atoms with Crippen molar-refractivity contribution in [2.45, 2.75) is 57.8 Å². The van der Waals surface area contributed by atoms with Crippen molar-refractivity contribution in [2.75, 3.05) is 18.1 Å². The molecule has 0 saturated carbocycles. The molecule has 0 amide bonds. The Bertz CT molecular complexity index is 177. The van der Waals surface area contributed by atoms with Gasteiger partial charge in [-0.2, -0.15) is 11.8 Å². The van der Waals surface area contributed by atoms with Gasteiger partial charge in [-0.3, -0.25) is 4.79 Å². The number of hydrogen-bond donors (Lipinski definition) is 2. The normalized spacial score (nSPS) is 10.6. The van der Waals surface area contributed by atoms with Gasteiger partial charge in [0.25, 0.3) is 0 Å². The second kappa shape index (κ2) is 13.8. The zero-order valence-corrected chi connectivity index (χ0v) is 11.6. The third kappa shape index (κ3) is 15.8. The summed E-state index contributed by atoms with van der Waals surface area (Å²) in [4.78, 5) is 10.3. The lowest BCUT2D eigenvalue weighted by atomic mass is 10.1. The summed E-state index contributed by atoms with van der Waals surface area (Å²) in [6, 6.07) is 0. The third-order valence-corrected chi connectivity index (χ3v) is 3.79. The van der Waals surface area contributed by atoms with E-state index in [1.54, 1.807) is 0 Å². The Morgan fingerprint density at radius 3 is 1.94 bits per heavy atom. The van der Waals surface area contributed by atoms with E-state index >= 15 is 0 Å². The highest BCUT2D eigenvalue weighted by atomic mass is 32.2. The Labute approximate surface area is 110 Å². The summed E-state index contributed by atoms with van der Waals surface area (Å²) in [7, 11) is 0. The molecule has 0 bridgehead atoms. The van der Waals surface area contributed by atoms with Crippen LogP contribution in [0.15, 0.2) is 0 Å². The van der Waals surface area contributed by atoms with E-state index < -0.39 is 5.97 Å². The molecular formula is C13H27NO2S. The van der Waals surface area contributed by atoms with Crippen LogP contribution in [0.4, 0.5) is 0 Å². The highest BCUT2D eigenvalue weighted by Gasteiger charge is 1.96. The summed E-state index contributed by atoms with van der Waals surface area (Å²) in [5.41, 5.74) is 5.41.